The Kier molecular flexibility index (Phi) is 3.69. The summed E-state index contributed by atoms with van der Waals surface area (Å²) in [4.78, 5) is 23.9. The number of amides is 1. The molecule has 1 amide bonds. The van der Waals surface area contributed by atoms with Crippen LogP contribution >= 0.6 is 11.8 Å². The van der Waals surface area contributed by atoms with E-state index in [0.29, 0.717) is 4.91 Å². The lowest BCUT2D eigenvalue weighted by Gasteiger charge is -2.27. The van der Waals surface area contributed by atoms with Gasteiger partial charge in [-0.3, -0.25) is 4.79 Å². The van der Waals surface area contributed by atoms with E-state index >= 15 is 0 Å². The van der Waals surface area contributed by atoms with Crippen molar-refractivity contribution < 1.29 is 4.79 Å². The number of carbonyl (C=O) groups excluding carboxylic acids is 1. The highest BCUT2D eigenvalue weighted by atomic mass is 32.2. The van der Waals surface area contributed by atoms with Gasteiger partial charge < -0.3 is 9.30 Å². The number of aromatic nitrogens is 2. The molecule has 0 bridgehead atoms. The van der Waals surface area contributed by atoms with Gasteiger partial charge in [0.05, 0.1) is 16.1 Å². The lowest BCUT2D eigenvalue weighted by atomic mass is 10.1. The molecule has 2 aromatic rings. The molecule has 0 unspecified atom stereocenters. The summed E-state index contributed by atoms with van der Waals surface area (Å²) in [5.41, 5.74) is 1.84. The van der Waals surface area contributed by atoms with Crippen LogP contribution in [-0.4, -0.2) is 38.4 Å². The van der Waals surface area contributed by atoms with Gasteiger partial charge in [-0.2, -0.15) is 4.99 Å². The molecule has 4 rings (SSSR count). The van der Waals surface area contributed by atoms with Gasteiger partial charge in [0.25, 0.3) is 5.91 Å². The van der Waals surface area contributed by atoms with Crippen LogP contribution in [0.15, 0.2) is 34.3 Å². The maximum absolute atomic E-state index is 12.2. The van der Waals surface area contributed by atoms with Crippen LogP contribution in [0.4, 0.5) is 0 Å². The van der Waals surface area contributed by atoms with E-state index in [1.807, 2.05) is 41.8 Å². The summed E-state index contributed by atoms with van der Waals surface area (Å²) in [6.45, 7) is 3.96. The van der Waals surface area contributed by atoms with Crippen molar-refractivity contribution in [3.8, 4) is 0 Å². The minimum absolute atomic E-state index is 0.148. The van der Waals surface area contributed by atoms with Crippen molar-refractivity contribution in [2.24, 2.45) is 4.99 Å². The summed E-state index contributed by atoms with van der Waals surface area (Å²) < 4.78 is 2.03. The van der Waals surface area contributed by atoms with Gasteiger partial charge in [0.1, 0.15) is 5.82 Å². The highest BCUT2D eigenvalue weighted by molar-refractivity contribution is 8.18. The quantitative estimate of drug-likeness (QED) is 0.756. The molecule has 0 aromatic carbocycles. The number of hydrogen-bond acceptors (Lipinski definition) is 4. The zero-order valence-corrected chi connectivity index (χ0v) is 13.8. The number of carbonyl (C=O) groups is 1. The molecule has 1 fully saturated rings. The molecule has 0 N–H and O–H groups in total. The van der Waals surface area contributed by atoms with Gasteiger partial charge in [0.2, 0.25) is 0 Å². The van der Waals surface area contributed by atoms with Crippen molar-refractivity contribution in [1.82, 2.24) is 14.3 Å². The predicted molar refractivity (Wildman–Crippen MR) is 93.4 cm³/mol. The number of hydrogen-bond donors (Lipinski definition) is 0. The van der Waals surface area contributed by atoms with E-state index in [9.17, 15) is 4.79 Å². The second kappa shape index (κ2) is 5.85. The Morgan fingerprint density at radius 1 is 1.22 bits per heavy atom. The SMILES string of the molecule is Cc1nc(C=C2SC(N3CCCCC3)=NC2=O)c2ccccn12. The maximum atomic E-state index is 12.2. The molecule has 1 saturated heterocycles. The molecule has 6 heteroatoms. The number of likely N-dealkylation sites (tertiary alicyclic amines) is 1. The number of amidine groups is 1. The van der Waals surface area contributed by atoms with E-state index < -0.39 is 0 Å². The van der Waals surface area contributed by atoms with Crippen LogP contribution in [0.25, 0.3) is 11.6 Å². The van der Waals surface area contributed by atoms with Crippen LogP contribution in [0, 0.1) is 6.92 Å². The van der Waals surface area contributed by atoms with Crippen LogP contribution in [0.5, 0.6) is 0 Å². The first kappa shape index (κ1) is 14.5. The molecule has 2 aliphatic rings. The number of fused-ring (bicyclic) bond motifs is 1. The number of piperidine rings is 1. The molecule has 0 radical (unpaired) electrons. The molecule has 5 nitrogen and oxygen atoms in total. The van der Waals surface area contributed by atoms with Gasteiger partial charge in [-0.05, 0) is 56.2 Å². The Bertz CT molecular complexity index is 830. The standard InChI is InChI=1S/C17H18N4OS/c1-12-18-13(14-7-3-6-10-21(12)14)11-15-16(22)19-17(23-15)20-8-4-2-5-9-20/h3,6-7,10-11H,2,4-5,8-9H2,1H3. The minimum Gasteiger partial charge on any atom is -0.351 e. The van der Waals surface area contributed by atoms with Crippen molar-refractivity contribution >= 4 is 34.4 Å². The summed E-state index contributed by atoms with van der Waals surface area (Å²) in [5.74, 6) is 0.769. The number of imidazole rings is 1. The van der Waals surface area contributed by atoms with Gasteiger partial charge in [-0.25, -0.2) is 4.98 Å². The van der Waals surface area contributed by atoms with E-state index in [1.165, 1.54) is 31.0 Å². The average molecular weight is 326 g/mol. The van der Waals surface area contributed by atoms with Crippen LogP contribution in [0.3, 0.4) is 0 Å². The van der Waals surface area contributed by atoms with Crippen LogP contribution in [-0.2, 0) is 4.79 Å². The average Bonchev–Trinajstić information content (AvgIpc) is 3.10. The van der Waals surface area contributed by atoms with Crippen molar-refractivity contribution in [3.05, 3.63) is 40.8 Å². The summed E-state index contributed by atoms with van der Waals surface area (Å²) >= 11 is 1.48. The lowest BCUT2D eigenvalue weighted by Crippen LogP contribution is -2.33. The third-order valence-electron chi connectivity index (χ3n) is 4.26. The molecule has 4 heterocycles. The van der Waals surface area contributed by atoms with Gasteiger partial charge in [-0.15, -0.1) is 0 Å². The first-order valence-electron chi connectivity index (χ1n) is 7.93. The molecule has 0 atom stereocenters. The number of nitrogens with zero attached hydrogens (tertiary/aromatic N) is 4. The number of rotatable bonds is 1. The normalized spacial score (nSPS) is 20.6. The van der Waals surface area contributed by atoms with E-state index in [1.54, 1.807) is 0 Å². The number of pyridine rings is 1. The summed E-state index contributed by atoms with van der Waals surface area (Å²) in [5, 5.41) is 0.848. The fourth-order valence-electron chi connectivity index (χ4n) is 3.07. The van der Waals surface area contributed by atoms with E-state index in [2.05, 4.69) is 14.9 Å². The van der Waals surface area contributed by atoms with E-state index in [-0.39, 0.29) is 5.91 Å². The van der Waals surface area contributed by atoms with E-state index in [0.717, 1.165) is 35.3 Å². The molecule has 0 aliphatic carbocycles. The molecule has 23 heavy (non-hydrogen) atoms. The Morgan fingerprint density at radius 2 is 2.04 bits per heavy atom. The highest BCUT2D eigenvalue weighted by Crippen LogP contribution is 2.32. The van der Waals surface area contributed by atoms with Gasteiger partial charge in [0.15, 0.2) is 5.17 Å². The first-order chi connectivity index (χ1) is 11.2. The third kappa shape index (κ3) is 2.67. The molecular weight excluding hydrogens is 308 g/mol. The lowest BCUT2D eigenvalue weighted by molar-refractivity contribution is -0.113. The van der Waals surface area contributed by atoms with Crippen molar-refractivity contribution in [2.45, 2.75) is 26.2 Å². The van der Waals surface area contributed by atoms with Crippen LogP contribution in [0.1, 0.15) is 30.8 Å². The summed E-state index contributed by atoms with van der Waals surface area (Å²) in [6, 6.07) is 5.98. The molecule has 0 saturated carbocycles. The number of thioether (sulfide) groups is 1. The molecule has 0 spiro atoms. The fraction of sp³-hybridized carbons (Fsp3) is 0.353. The summed E-state index contributed by atoms with van der Waals surface area (Å²) in [7, 11) is 0. The molecular formula is C17H18N4OS. The molecule has 2 aromatic heterocycles. The largest absolute Gasteiger partial charge is 0.351 e. The van der Waals surface area contributed by atoms with Gasteiger partial charge in [0, 0.05) is 19.3 Å². The van der Waals surface area contributed by atoms with E-state index in [4.69, 9.17) is 0 Å². The number of aryl methyl sites for hydroxylation is 1. The van der Waals surface area contributed by atoms with Crippen LogP contribution in [0.2, 0.25) is 0 Å². The Hall–Kier alpha value is -2.08. The van der Waals surface area contributed by atoms with Crippen molar-refractivity contribution in [3.63, 3.8) is 0 Å². The third-order valence-corrected chi connectivity index (χ3v) is 5.30. The Labute approximate surface area is 139 Å². The molecule has 118 valence electrons. The number of aliphatic imine (C=N–C) groups is 1. The Morgan fingerprint density at radius 3 is 2.87 bits per heavy atom. The highest BCUT2D eigenvalue weighted by Gasteiger charge is 2.27. The van der Waals surface area contributed by atoms with Crippen molar-refractivity contribution in [2.75, 3.05) is 13.1 Å². The predicted octanol–water partition coefficient (Wildman–Crippen LogP) is 3.10. The smallest absolute Gasteiger partial charge is 0.286 e. The first-order valence-corrected chi connectivity index (χ1v) is 8.75. The molecule has 2 aliphatic heterocycles. The van der Waals surface area contributed by atoms with Crippen molar-refractivity contribution in [1.29, 1.82) is 0 Å². The topological polar surface area (TPSA) is 50.0 Å². The van der Waals surface area contributed by atoms with Gasteiger partial charge in [-0.1, -0.05) is 6.07 Å². The zero-order valence-electron chi connectivity index (χ0n) is 13.0. The monoisotopic (exact) mass is 326 g/mol. The zero-order chi connectivity index (χ0) is 15.8. The fourth-order valence-corrected chi connectivity index (χ4v) is 4.01. The second-order valence-corrected chi connectivity index (χ2v) is 6.87. The van der Waals surface area contributed by atoms with Crippen LogP contribution < -0.4 is 0 Å². The summed E-state index contributed by atoms with van der Waals surface area (Å²) in [6.07, 6.45) is 7.48. The second-order valence-electron chi connectivity index (χ2n) is 5.86. The van der Waals surface area contributed by atoms with Gasteiger partial charge >= 0.3 is 0 Å². The maximum Gasteiger partial charge on any atom is 0.286 e. The Balaban J connectivity index is 1.63. The minimum atomic E-state index is -0.148.